The summed E-state index contributed by atoms with van der Waals surface area (Å²) < 4.78 is 16.1. The normalized spacial score (nSPS) is 41.7. The summed E-state index contributed by atoms with van der Waals surface area (Å²) in [5.41, 5.74) is 0. The Balaban J connectivity index is 2.45. The summed E-state index contributed by atoms with van der Waals surface area (Å²) in [6.07, 6.45) is 0. The maximum Gasteiger partial charge on any atom is 0.341 e. The van der Waals surface area contributed by atoms with Crippen LogP contribution in [0.1, 0.15) is 6.92 Å². The van der Waals surface area contributed by atoms with E-state index < -0.39 is 17.8 Å². The maximum atomic E-state index is 5.64. The maximum absolute atomic E-state index is 5.64. The van der Waals surface area contributed by atoms with Crippen molar-refractivity contribution in [3.05, 3.63) is 0 Å². The average molecular weight is 196 g/mol. The van der Waals surface area contributed by atoms with Crippen LogP contribution in [0.15, 0.2) is 0 Å². The predicted octanol–water partition coefficient (Wildman–Crippen LogP) is 1.56. The molecule has 0 bridgehead atoms. The van der Waals surface area contributed by atoms with Gasteiger partial charge in [0.2, 0.25) is 0 Å². The molecule has 0 aromatic rings. The SMILES string of the molecule is CC[Si]1(C)OSO[SiH](C)O1. The Bertz CT molecular complexity index is 125. The van der Waals surface area contributed by atoms with Crippen LogP contribution in [0.2, 0.25) is 19.1 Å². The largest absolute Gasteiger partial charge is 0.416 e. The lowest BCUT2D eigenvalue weighted by Gasteiger charge is -2.31. The highest BCUT2D eigenvalue weighted by atomic mass is 32.2. The first-order valence-electron chi connectivity index (χ1n) is 3.35. The minimum atomic E-state index is -1.77. The van der Waals surface area contributed by atoms with Crippen LogP contribution in [-0.4, -0.2) is 17.8 Å². The molecule has 60 valence electrons. The molecular weight excluding hydrogens is 184 g/mol. The lowest BCUT2D eigenvalue weighted by Crippen LogP contribution is -2.44. The smallest absolute Gasteiger partial charge is 0.341 e. The van der Waals surface area contributed by atoms with Crippen LogP contribution in [0, 0.1) is 0 Å². The van der Waals surface area contributed by atoms with Gasteiger partial charge >= 0.3 is 17.8 Å². The molecule has 1 saturated heterocycles. The van der Waals surface area contributed by atoms with E-state index in [2.05, 4.69) is 13.5 Å². The van der Waals surface area contributed by atoms with Crippen molar-refractivity contribution in [1.29, 1.82) is 0 Å². The van der Waals surface area contributed by atoms with Crippen LogP contribution < -0.4 is 0 Å². The zero-order chi connectivity index (χ0) is 7.61. The highest BCUT2D eigenvalue weighted by Crippen LogP contribution is 2.27. The van der Waals surface area contributed by atoms with E-state index in [1.807, 2.05) is 6.55 Å². The summed E-state index contributed by atoms with van der Waals surface area (Å²) in [5.74, 6) is 0. The van der Waals surface area contributed by atoms with Crippen LogP contribution in [0.3, 0.4) is 0 Å². The van der Waals surface area contributed by atoms with Gasteiger partial charge in [0.15, 0.2) is 0 Å². The molecule has 0 saturated carbocycles. The standard InChI is InChI=1S/C4H12O3SSi2/c1-4-10(3)6-8-5-9(2)7-10/h9H,4H2,1-3H3. The first kappa shape index (κ1) is 8.76. The second-order valence-corrected chi connectivity index (χ2v) is 9.05. The first-order chi connectivity index (χ1) is 4.66. The van der Waals surface area contributed by atoms with E-state index in [4.69, 9.17) is 11.9 Å². The van der Waals surface area contributed by atoms with Gasteiger partial charge in [-0.3, -0.25) is 0 Å². The highest BCUT2D eigenvalue weighted by Gasteiger charge is 2.37. The molecule has 6 heteroatoms. The molecule has 1 aliphatic rings. The fourth-order valence-electron chi connectivity index (χ4n) is 0.680. The van der Waals surface area contributed by atoms with E-state index in [1.165, 1.54) is 0 Å². The van der Waals surface area contributed by atoms with E-state index in [1.54, 1.807) is 0 Å². The summed E-state index contributed by atoms with van der Waals surface area (Å²) in [6.45, 7) is 6.20. The van der Waals surface area contributed by atoms with Crippen LogP contribution in [0.25, 0.3) is 0 Å². The van der Waals surface area contributed by atoms with Gasteiger partial charge in [-0.2, -0.15) is 0 Å². The molecule has 1 heterocycles. The Labute approximate surface area is 68.6 Å². The molecule has 2 unspecified atom stereocenters. The lowest BCUT2D eigenvalue weighted by atomic mass is 11.0. The van der Waals surface area contributed by atoms with Crippen molar-refractivity contribution in [2.45, 2.75) is 26.1 Å². The topological polar surface area (TPSA) is 27.7 Å². The molecule has 0 aromatic carbocycles. The van der Waals surface area contributed by atoms with Gasteiger partial charge in [0.1, 0.15) is 12.3 Å². The summed E-state index contributed by atoms with van der Waals surface area (Å²) in [4.78, 5) is 0. The van der Waals surface area contributed by atoms with Gasteiger partial charge in [0.05, 0.1) is 0 Å². The van der Waals surface area contributed by atoms with Crippen LogP contribution in [0.5, 0.6) is 0 Å². The third-order valence-electron chi connectivity index (χ3n) is 1.44. The minimum Gasteiger partial charge on any atom is -0.416 e. The van der Waals surface area contributed by atoms with Gasteiger partial charge in [-0.15, -0.1) is 0 Å². The van der Waals surface area contributed by atoms with E-state index in [9.17, 15) is 0 Å². The van der Waals surface area contributed by atoms with Crippen molar-refractivity contribution in [3.8, 4) is 0 Å². The van der Waals surface area contributed by atoms with Gasteiger partial charge in [-0.05, 0) is 19.1 Å². The second kappa shape index (κ2) is 3.37. The van der Waals surface area contributed by atoms with Crippen molar-refractivity contribution in [3.63, 3.8) is 0 Å². The quantitative estimate of drug-likeness (QED) is 0.470. The minimum absolute atomic E-state index is 1.00. The molecule has 0 spiro atoms. The molecule has 0 aromatic heterocycles. The molecule has 0 radical (unpaired) electrons. The van der Waals surface area contributed by atoms with E-state index in [0.717, 1.165) is 18.4 Å². The zero-order valence-electron chi connectivity index (χ0n) is 6.42. The number of hydrogen-bond donors (Lipinski definition) is 0. The van der Waals surface area contributed by atoms with Crippen LogP contribution in [-0.2, 0) is 11.9 Å². The monoisotopic (exact) mass is 196 g/mol. The van der Waals surface area contributed by atoms with Crippen molar-refractivity contribution < 1.29 is 11.9 Å². The van der Waals surface area contributed by atoms with Gasteiger partial charge in [-0.1, -0.05) is 6.92 Å². The first-order valence-corrected chi connectivity index (χ1v) is 8.64. The van der Waals surface area contributed by atoms with Gasteiger partial charge < -0.3 is 11.9 Å². The molecule has 0 N–H and O–H groups in total. The molecule has 10 heavy (non-hydrogen) atoms. The summed E-state index contributed by atoms with van der Waals surface area (Å²) in [5, 5.41) is 0. The molecule has 0 amide bonds. The van der Waals surface area contributed by atoms with Gasteiger partial charge in [0.25, 0.3) is 0 Å². The molecule has 3 nitrogen and oxygen atoms in total. The second-order valence-electron chi connectivity index (χ2n) is 2.42. The van der Waals surface area contributed by atoms with Crippen molar-refractivity contribution in [1.82, 2.24) is 0 Å². The Hall–Kier alpha value is 0.664. The van der Waals surface area contributed by atoms with Crippen molar-refractivity contribution in [2.24, 2.45) is 0 Å². The fraction of sp³-hybridized carbons (Fsp3) is 1.00. The molecule has 1 aliphatic heterocycles. The molecular formula is C4H12O3SSi2. The average Bonchev–Trinajstić information content (AvgIpc) is 1.88. The zero-order valence-corrected chi connectivity index (χ0v) is 9.39. The van der Waals surface area contributed by atoms with Gasteiger partial charge in [-0.25, -0.2) is 0 Å². The molecule has 2 atom stereocenters. The third-order valence-corrected chi connectivity index (χ3v) is 9.13. The molecule has 1 fully saturated rings. The van der Waals surface area contributed by atoms with Crippen molar-refractivity contribution in [2.75, 3.05) is 0 Å². The third kappa shape index (κ3) is 2.07. The number of hydrogen-bond acceptors (Lipinski definition) is 4. The lowest BCUT2D eigenvalue weighted by molar-refractivity contribution is 0.330. The summed E-state index contributed by atoms with van der Waals surface area (Å²) in [7, 11) is -3.11. The Morgan fingerprint density at radius 3 is 2.70 bits per heavy atom. The predicted molar refractivity (Wildman–Crippen MR) is 46.0 cm³/mol. The van der Waals surface area contributed by atoms with Crippen molar-refractivity contribution >= 4 is 30.2 Å². The Kier molecular flexibility index (Phi) is 2.95. The van der Waals surface area contributed by atoms with Crippen LogP contribution in [0.4, 0.5) is 0 Å². The van der Waals surface area contributed by atoms with E-state index in [-0.39, 0.29) is 0 Å². The molecule has 1 rings (SSSR count). The van der Waals surface area contributed by atoms with E-state index in [0.29, 0.717) is 0 Å². The highest BCUT2D eigenvalue weighted by molar-refractivity contribution is 7.91. The Morgan fingerprint density at radius 1 is 1.60 bits per heavy atom. The summed E-state index contributed by atoms with van der Waals surface area (Å²) >= 11 is 1.13. The summed E-state index contributed by atoms with van der Waals surface area (Å²) in [6, 6.07) is 1.00. The van der Waals surface area contributed by atoms with Gasteiger partial charge in [0, 0.05) is 0 Å². The Morgan fingerprint density at radius 2 is 2.30 bits per heavy atom. The van der Waals surface area contributed by atoms with Crippen LogP contribution >= 0.6 is 12.3 Å². The number of rotatable bonds is 1. The van der Waals surface area contributed by atoms with E-state index >= 15 is 0 Å². The molecule has 0 aliphatic carbocycles. The fourth-order valence-corrected chi connectivity index (χ4v) is 7.18.